The molecule has 1 N–H and O–H groups in total. The normalized spacial score (nSPS) is 15.7. The lowest BCUT2D eigenvalue weighted by Crippen LogP contribution is -2.35. The van der Waals surface area contributed by atoms with Gasteiger partial charge in [0, 0.05) is 5.56 Å². The molecule has 1 fully saturated rings. The molecule has 1 aliphatic heterocycles. The zero-order chi connectivity index (χ0) is 21.8. The van der Waals surface area contributed by atoms with Gasteiger partial charge < -0.3 is 10.1 Å². The van der Waals surface area contributed by atoms with Crippen LogP contribution in [0, 0.1) is 5.82 Å². The number of nitrogens with one attached hydrogen (secondary N) is 1. The third-order valence-electron chi connectivity index (χ3n) is 4.79. The quantitative estimate of drug-likeness (QED) is 0.560. The predicted octanol–water partition coefficient (Wildman–Crippen LogP) is 2.21. The Morgan fingerprint density at radius 1 is 1.26 bits per heavy atom. The van der Waals surface area contributed by atoms with Crippen molar-refractivity contribution < 1.29 is 18.7 Å². The Morgan fingerprint density at radius 3 is 2.74 bits per heavy atom. The molecular weight excluding hydrogens is 427 g/mol. The van der Waals surface area contributed by atoms with Crippen LogP contribution in [0.4, 0.5) is 14.9 Å². The van der Waals surface area contributed by atoms with Crippen LogP contribution >= 0.6 is 11.6 Å². The fourth-order valence-corrected chi connectivity index (χ4v) is 3.34. The lowest BCUT2D eigenvalue weighted by atomic mass is 10.0. The number of nitrogens with zero attached hydrogens (tertiary/aromatic N) is 5. The van der Waals surface area contributed by atoms with Gasteiger partial charge in [0.05, 0.1) is 25.3 Å². The van der Waals surface area contributed by atoms with Crippen molar-refractivity contribution in [1.82, 2.24) is 25.5 Å². The van der Waals surface area contributed by atoms with E-state index < -0.39 is 18.0 Å². The smallest absolute Gasteiger partial charge is 0.414 e. The topological polar surface area (TPSA) is 102 Å². The number of tetrazole rings is 1. The Kier molecular flexibility index (Phi) is 6.08. The van der Waals surface area contributed by atoms with Gasteiger partial charge in [0.2, 0.25) is 5.91 Å². The predicted molar refractivity (Wildman–Crippen MR) is 110 cm³/mol. The summed E-state index contributed by atoms with van der Waals surface area (Å²) in [5.74, 6) is -0.983. The van der Waals surface area contributed by atoms with E-state index >= 15 is 0 Å². The van der Waals surface area contributed by atoms with Crippen molar-refractivity contribution in [2.75, 3.05) is 23.9 Å². The summed E-state index contributed by atoms with van der Waals surface area (Å²) in [7, 11) is 0. The molecule has 0 bridgehead atoms. The molecule has 31 heavy (non-hydrogen) atoms. The van der Waals surface area contributed by atoms with E-state index in [-0.39, 0.29) is 24.9 Å². The van der Waals surface area contributed by atoms with Gasteiger partial charge in [-0.3, -0.25) is 9.69 Å². The van der Waals surface area contributed by atoms with E-state index in [1.165, 1.54) is 17.3 Å². The summed E-state index contributed by atoms with van der Waals surface area (Å²) in [6, 6.07) is 12.0. The van der Waals surface area contributed by atoms with Crippen molar-refractivity contribution in [3.8, 4) is 11.1 Å². The summed E-state index contributed by atoms with van der Waals surface area (Å²) in [6.45, 7) is 0.857. The molecule has 3 aromatic rings. The van der Waals surface area contributed by atoms with Gasteiger partial charge in [0.15, 0.2) is 0 Å². The molecule has 1 aliphatic rings. The van der Waals surface area contributed by atoms with Gasteiger partial charge in [-0.2, -0.15) is 0 Å². The Labute approximate surface area is 181 Å². The van der Waals surface area contributed by atoms with Crippen LogP contribution in [0.1, 0.15) is 5.56 Å². The molecule has 0 radical (unpaired) electrons. The first-order valence-corrected chi connectivity index (χ1v) is 9.97. The van der Waals surface area contributed by atoms with Crippen LogP contribution in [0.15, 0.2) is 48.8 Å². The zero-order valence-corrected chi connectivity index (χ0v) is 17.0. The third-order valence-corrected chi connectivity index (χ3v) is 5.03. The summed E-state index contributed by atoms with van der Waals surface area (Å²) in [4.78, 5) is 24.8. The Morgan fingerprint density at radius 2 is 2.06 bits per heavy atom. The minimum absolute atomic E-state index is 0.144. The molecule has 1 saturated heterocycles. The fourth-order valence-electron chi connectivity index (χ4n) is 3.25. The fraction of sp³-hybridized carbons (Fsp3) is 0.250. The molecule has 0 aliphatic carbocycles. The number of carbonyl (C=O) groups is 2. The van der Waals surface area contributed by atoms with E-state index in [2.05, 4.69) is 20.8 Å². The summed E-state index contributed by atoms with van der Waals surface area (Å²) < 4.78 is 21.7. The summed E-state index contributed by atoms with van der Waals surface area (Å²) in [6.07, 6.45) is 0.394. The van der Waals surface area contributed by atoms with E-state index in [4.69, 9.17) is 16.3 Å². The number of benzene rings is 2. The zero-order valence-electron chi connectivity index (χ0n) is 16.2. The molecule has 0 saturated carbocycles. The van der Waals surface area contributed by atoms with Gasteiger partial charge in [-0.05, 0) is 39.8 Å². The van der Waals surface area contributed by atoms with Crippen molar-refractivity contribution in [3.63, 3.8) is 0 Å². The van der Waals surface area contributed by atoms with Crippen LogP contribution < -0.4 is 10.2 Å². The lowest BCUT2D eigenvalue weighted by molar-refractivity contribution is -0.119. The number of halogens is 2. The highest BCUT2D eigenvalue weighted by Crippen LogP contribution is 2.29. The molecule has 160 valence electrons. The van der Waals surface area contributed by atoms with Crippen molar-refractivity contribution >= 4 is 29.3 Å². The van der Waals surface area contributed by atoms with E-state index in [0.29, 0.717) is 23.4 Å². The average Bonchev–Trinajstić information content (AvgIpc) is 3.42. The number of hydrogen-bond acceptors (Lipinski definition) is 6. The number of cyclic esters (lactones) is 1. The third kappa shape index (κ3) is 4.80. The molecule has 0 spiro atoms. The minimum Gasteiger partial charge on any atom is -0.442 e. The largest absolute Gasteiger partial charge is 0.442 e. The van der Waals surface area contributed by atoms with E-state index in [1.54, 1.807) is 16.8 Å². The second kappa shape index (κ2) is 9.09. The lowest BCUT2D eigenvalue weighted by Gasteiger charge is -2.15. The first-order chi connectivity index (χ1) is 15.0. The Balaban J connectivity index is 1.44. The average molecular weight is 445 g/mol. The molecule has 2 amide bonds. The van der Waals surface area contributed by atoms with E-state index in [9.17, 15) is 14.0 Å². The molecule has 0 unspecified atom stereocenters. The Bertz CT molecular complexity index is 1080. The SMILES string of the molecule is O=C(CCl)NC[C@H]1CN(c2ccc(-c3ccc(Cn4cnnn4)cc3)c(F)c2)C(=O)O1. The van der Waals surface area contributed by atoms with Gasteiger partial charge in [-0.1, -0.05) is 24.3 Å². The van der Waals surface area contributed by atoms with Crippen molar-refractivity contribution in [3.05, 3.63) is 60.2 Å². The number of aromatic nitrogens is 4. The van der Waals surface area contributed by atoms with Crippen molar-refractivity contribution in [2.24, 2.45) is 0 Å². The maximum atomic E-state index is 14.8. The first-order valence-electron chi connectivity index (χ1n) is 9.44. The van der Waals surface area contributed by atoms with E-state index in [1.807, 2.05) is 24.3 Å². The summed E-state index contributed by atoms with van der Waals surface area (Å²) >= 11 is 5.43. The number of amides is 2. The summed E-state index contributed by atoms with van der Waals surface area (Å²) in [5.41, 5.74) is 2.47. The molecule has 4 rings (SSSR count). The van der Waals surface area contributed by atoms with Gasteiger partial charge >= 0.3 is 6.09 Å². The number of hydrogen-bond donors (Lipinski definition) is 1. The first kappa shape index (κ1) is 20.7. The van der Waals surface area contributed by atoms with Crippen molar-refractivity contribution in [2.45, 2.75) is 12.6 Å². The van der Waals surface area contributed by atoms with Crippen LogP contribution in [-0.4, -0.2) is 57.3 Å². The molecule has 11 heteroatoms. The highest BCUT2D eigenvalue weighted by Gasteiger charge is 2.32. The molecular formula is C20H18ClFN6O3. The number of anilines is 1. The van der Waals surface area contributed by atoms with E-state index in [0.717, 1.165) is 5.56 Å². The standard InChI is InChI=1S/C20H18ClFN6O3/c21-8-19(29)23-9-16-11-28(20(30)31-16)15-5-6-17(18(22)7-15)14-3-1-13(2-4-14)10-27-12-24-25-26-27/h1-7,12,16H,8-11H2,(H,23,29)/t16-/m0/s1. The van der Waals surface area contributed by atoms with Crippen LogP contribution in [0.5, 0.6) is 0 Å². The number of ether oxygens (including phenoxy) is 1. The van der Waals surface area contributed by atoms with Crippen molar-refractivity contribution in [1.29, 1.82) is 0 Å². The monoisotopic (exact) mass is 444 g/mol. The number of carbonyl (C=O) groups excluding carboxylic acids is 2. The second-order valence-corrected chi connectivity index (χ2v) is 7.19. The maximum Gasteiger partial charge on any atom is 0.414 e. The molecule has 1 aromatic heterocycles. The van der Waals surface area contributed by atoms with Crippen LogP contribution in [0.3, 0.4) is 0 Å². The minimum atomic E-state index is -0.593. The van der Waals surface area contributed by atoms with Gasteiger partial charge in [-0.25, -0.2) is 13.9 Å². The number of rotatable bonds is 7. The van der Waals surface area contributed by atoms with Crippen LogP contribution in [-0.2, 0) is 16.1 Å². The van der Waals surface area contributed by atoms with Gasteiger partial charge in [-0.15, -0.1) is 16.7 Å². The summed E-state index contributed by atoms with van der Waals surface area (Å²) in [5, 5.41) is 13.6. The van der Waals surface area contributed by atoms with Gasteiger partial charge in [0.25, 0.3) is 0 Å². The second-order valence-electron chi connectivity index (χ2n) is 6.92. The number of alkyl halides is 1. The molecule has 2 aromatic carbocycles. The van der Waals surface area contributed by atoms with Crippen LogP contribution in [0.25, 0.3) is 11.1 Å². The highest BCUT2D eigenvalue weighted by molar-refractivity contribution is 6.27. The Hall–Kier alpha value is -3.53. The van der Waals surface area contributed by atoms with Crippen LogP contribution in [0.2, 0.25) is 0 Å². The van der Waals surface area contributed by atoms with Gasteiger partial charge in [0.1, 0.15) is 24.1 Å². The molecule has 2 heterocycles. The molecule has 1 atom stereocenters. The maximum absolute atomic E-state index is 14.8. The highest BCUT2D eigenvalue weighted by atomic mass is 35.5. The molecule has 9 nitrogen and oxygen atoms in total.